The highest BCUT2D eigenvalue weighted by Crippen LogP contribution is 2.06. The third-order valence-corrected chi connectivity index (χ3v) is 3.06. The Kier molecular flexibility index (Phi) is 3.23. The minimum atomic E-state index is 0.141. The van der Waals surface area contributed by atoms with Crippen molar-refractivity contribution in [2.45, 2.75) is 0 Å². The van der Waals surface area contributed by atoms with E-state index in [1.807, 2.05) is 5.38 Å². The Morgan fingerprint density at radius 1 is 1.57 bits per heavy atom. The van der Waals surface area contributed by atoms with E-state index in [1.165, 1.54) is 11.3 Å². The molecule has 76 valence electrons. The molecule has 1 saturated heterocycles. The first-order valence-electron chi connectivity index (χ1n) is 4.72. The standard InChI is InChI=1S/C9H13N3OS/c13-8(9-11-3-6-14-9)7-12-4-1-10-2-5-12/h3,6,10H,1-2,4-5,7H2. The van der Waals surface area contributed by atoms with Crippen molar-refractivity contribution in [1.29, 1.82) is 0 Å². The van der Waals surface area contributed by atoms with E-state index in [4.69, 9.17) is 0 Å². The Morgan fingerprint density at radius 2 is 2.36 bits per heavy atom. The van der Waals surface area contributed by atoms with E-state index in [-0.39, 0.29) is 5.78 Å². The Morgan fingerprint density at radius 3 is 3.00 bits per heavy atom. The maximum Gasteiger partial charge on any atom is 0.205 e. The van der Waals surface area contributed by atoms with E-state index in [9.17, 15) is 4.79 Å². The molecule has 0 atom stereocenters. The van der Waals surface area contributed by atoms with Crippen LogP contribution >= 0.6 is 11.3 Å². The predicted octanol–water partition coefficient (Wildman–Crippen LogP) is 0.231. The van der Waals surface area contributed by atoms with Gasteiger partial charge in [0.1, 0.15) is 0 Å². The third kappa shape index (κ3) is 2.37. The second-order valence-corrected chi connectivity index (χ2v) is 4.18. The number of hydrogen-bond donors (Lipinski definition) is 1. The first kappa shape index (κ1) is 9.76. The fourth-order valence-corrected chi connectivity index (χ4v) is 2.07. The molecular formula is C9H13N3OS. The summed E-state index contributed by atoms with van der Waals surface area (Å²) < 4.78 is 0. The van der Waals surface area contributed by atoms with E-state index in [0.29, 0.717) is 11.6 Å². The van der Waals surface area contributed by atoms with Crippen LogP contribution in [0.1, 0.15) is 9.80 Å². The minimum Gasteiger partial charge on any atom is -0.314 e. The van der Waals surface area contributed by atoms with Gasteiger partial charge in [0.15, 0.2) is 5.01 Å². The van der Waals surface area contributed by atoms with Gasteiger partial charge in [0, 0.05) is 37.8 Å². The van der Waals surface area contributed by atoms with E-state index < -0.39 is 0 Å². The van der Waals surface area contributed by atoms with Gasteiger partial charge in [-0.2, -0.15) is 0 Å². The number of carbonyl (C=O) groups excluding carboxylic acids is 1. The lowest BCUT2D eigenvalue weighted by atomic mass is 10.3. The summed E-state index contributed by atoms with van der Waals surface area (Å²) in [6, 6.07) is 0. The summed E-state index contributed by atoms with van der Waals surface area (Å²) in [5, 5.41) is 5.72. The number of nitrogens with zero attached hydrogens (tertiary/aromatic N) is 2. The molecular weight excluding hydrogens is 198 g/mol. The molecule has 1 fully saturated rings. The average Bonchev–Trinajstić information content (AvgIpc) is 2.72. The molecule has 1 aromatic heterocycles. The topological polar surface area (TPSA) is 45.2 Å². The molecule has 0 saturated carbocycles. The number of ketones is 1. The van der Waals surface area contributed by atoms with Crippen molar-refractivity contribution in [3.05, 3.63) is 16.6 Å². The molecule has 1 N–H and O–H groups in total. The smallest absolute Gasteiger partial charge is 0.205 e. The van der Waals surface area contributed by atoms with Gasteiger partial charge in [-0.3, -0.25) is 9.69 Å². The number of rotatable bonds is 3. The minimum absolute atomic E-state index is 0.141. The first-order chi connectivity index (χ1) is 6.86. The summed E-state index contributed by atoms with van der Waals surface area (Å²) in [4.78, 5) is 17.8. The van der Waals surface area contributed by atoms with Crippen LogP contribution in [-0.2, 0) is 0 Å². The summed E-state index contributed by atoms with van der Waals surface area (Å²) >= 11 is 1.42. The molecule has 5 heteroatoms. The predicted molar refractivity (Wildman–Crippen MR) is 55.8 cm³/mol. The molecule has 0 radical (unpaired) electrons. The van der Waals surface area contributed by atoms with Crippen LogP contribution in [0.5, 0.6) is 0 Å². The van der Waals surface area contributed by atoms with Crippen LogP contribution in [0.25, 0.3) is 0 Å². The molecule has 2 heterocycles. The van der Waals surface area contributed by atoms with Gasteiger partial charge in [-0.25, -0.2) is 4.98 Å². The number of Topliss-reactive ketones (excluding diaryl/α,β-unsaturated/α-hetero) is 1. The van der Waals surface area contributed by atoms with Crippen LogP contribution in [0.15, 0.2) is 11.6 Å². The Hall–Kier alpha value is -0.780. The number of hydrogen-bond acceptors (Lipinski definition) is 5. The highest BCUT2D eigenvalue weighted by Gasteiger charge is 2.15. The molecule has 0 amide bonds. The van der Waals surface area contributed by atoms with Crippen molar-refractivity contribution < 1.29 is 4.79 Å². The molecule has 0 aliphatic carbocycles. The molecule has 4 nitrogen and oxygen atoms in total. The summed E-state index contributed by atoms with van der Waals surface area (Å²) in [6.07, 6.45) is 1.68. The maximum absolute atomic E-state index is 11.7. The molecule has 0 spiro atoms. The van der Waals surface area contributed by atoms with Gasteiger partial charge in [-0.15, -0.1) is 11.3 Å². The molecule has 1 aromatic rings. The van der Waals surface area contributed by atoms with Gasteiger partial charge < -0.3 is 5.32 Å². The van der Waals surface area contributed by atoms with Crippen molar-refractivity contribution in [2.75, 3.05) is 32.7 Å². The average molecular weight is 211 g/mol. The quantitative estimate of drug-likeness (QED) is 0.727. The fraction of sp³-hybridized carbons (Fsp3) is 0.556. The van der Waals surface area contributed by atoms with Gasteiger partial charge in [0.25, 0.3) is 0 Å². The van der Waals surface area contributed by atoms with Crippen LogP contribution in [0.4, 0.5) is 0 Å². The number of aromatic nitrogens is 1. The Labute approximate surface area is 86.9 Å². The Balaban J connectivity index is 1.87. The van der Waals surface area contributed by atoms with Crippen LogP contribution in [0.3, 0.4) is 0 Å². The second kappa shape index (κ2) is 4.63. The molecule has 14 heavy (non-hydrogen) atoms. The van der Waals surface area contributed by atoms with Crippen molar-refractivity contribution in [2.24, 2.45) is 0 Å². The largest absolute Gasteiger partial charge is 0.314 e. The van der Waals surface area contributed by atoms with Gasteiger partial charge in [0.2, 0.25) is 5.78 Å². The van der Waals surface area contributed by atoms with Gasteiger partial charge in [0.05, 0.1) is 6.54 Å². The van der Waals surface area contributed by atoms with Crippen molar-refractivity contribution in [3.63, 3.8) is 0 Å². The third-order valence-electron chi connectivity index (χ3n) is 2.25. The normalized spacial score (nSPS) is 18.3. The monoisotopic (exact) mass is 211 g/mol. The summed E-state index contributed by atoms with van der Waals surface area (Å²) in [5.74, 6) is 0.141. The van der Waals surface area contributed by atoms with Crippen LogP contribution in [0.2, 0.25) is 0 Å². The molecule has 0 bridgehead atoms. The lowest BCUT2D eigenvalue weighted by Gasteiger charge is -2.25. The number of carbonyl (C=O) groups is 1. The van der Waals surface area contributed by atoms with Gasteiger partial charge >= 0.3 is 0 Å². The number of piperazine rings is 1. The highest BCUT2D eigenvalue weighted by atomic mass is 32.1. The summed E-state index contributed by atoms with van der Waals surface area (Å²) in [6.45, 7) is 4.37. The molecule has 2 rings (SSSR count). The van der Waals surface area contributed by atoms with Crippen molar-refractivity contribution >= 4 is 17.1 Å². The zero-order valence-corrected chi connectivity index (χ0v) is 8.72. The van der Waals surface area contributed by atoms with E-state index >= 15 is 0 Å². The zero-order valence-electron chi connectivity index (χ0n) is 7.90. The van der Waals surface area contributed by atoms with E-state index in [1.54, 1.807) is 6.20 Å². The van der Waals surface area contributed by atoms with Gasteiger partial charge in [-0.05, 0) is 0 Å². The number of thiazole rings is 1. The number of nitrogens with one attached hydrogen (secondary N) is 1. The van der Waals surface area contributed by atoms with Crippen LogP contribution in [0, 0.1) is 0 Å². The SMILES string of the molecule is O=C(CN1CCNCC1)c1nccs1. The zero-order chi connectivity index (χ0) is 9.80. The van der Waals surface area contributed by atoms with Crippen molar-refractivity contribution in [1.82, 2.24) is 15.2 Å². The first-order valence-corrected chi connectivity index (χ1v) is 5.60. The fourth-order valence-electron chi connectivity index (χ4n) is 1.50. The van der Waals surface area contributed by atoms with Crippen LogP contribution < -0.4 is 5.32 Å². The molecule has 1 aliphatic rings. The van der Waals surface area contributed by atoms with Gasteiger partial charge in [-0.1, -0.05) is 0 Å². The van der Waals surface area contributed by atoms with Crippen LogP contribution in [-0.4, -0.2) is 48.4 Å². The summed E-state index contributed by atoms with van der Waals surface area (Å²) in [5.41, 5.74) is 0. The maximum atomic E-state index is 11.7. The highest BCUT2D eigenvalue weighted by molar-refractivity contribution is 7.11. The van der Waals surface area contributed by atoms with E-state index in [0.717, 1.165) is 26.2 Å². The lowest BCUT2D eigenvalue weighted by molar-refractivity contribution is 0.0921. The Bertz CT molecular complexity index is 293. The van der Waals surface area contributed by atoms with Crippen molar-refractivity contribution in [3.8, 4) is 0 Å². The molecule has 0 unspecified atom stereocenters. The molecule has 0 aromatic carbocycles. The summed E-state index contributed by atoms with van der Waals surface area (Å²) in [7, 11) is 0. The molecule has 1 aliphatic heterocycles. The second-order valence-electron chi connectivity index (χ2n) is 3.29. The lowest BCUT2D eigenvalue weighted by Crippen LogP contribution is -2.45. The van der Waals surface area contributed by atoms with E-state index in [2.05, 4.69) is 15.2 Å².